The van der Waals surface area contributed by atoms with Crippen LogP contribution in [0.5, 0.6) is 0 Å². The van der Waals surface area contributed by atoms with Gasteiger partial charge in [-0.3, -0.25) is 0 Å². The molecule has 1 aliphatic heterocycles. The maximum atomic E-state index is 13.5. The molecule has 2 rings (SSSR count). The van der Waals surface area contributed by atoms with E-state index in [1.165, 1.54) is 18.9 Å². The van der Waals surface area contributed by atoms with Crippen LogP contribution in [0.1, 0.15) is 23.2 Å². The van der Waals surface area contributed by atoms with Crippen LogP contribution in [0.4, 0.5) is 10.1 Å². The molecule has 0 bridgehead atoms. The average molecular weight is 286 g/mol. The Morgan fingerprint density at radius 2 is 2.06 bits per heavy atom. The second-order valence-electron chi connectivity index (χ2n) is 3.94. The fourth-order valence-corrected chi connectivity index (χ4v) is 2.34. The van der Waals surface area contributed by atoms with Crippen LogP contribution in [0.3, 0.4) is 0 Å². The SMILES string of the molecule is O=CC(Br)c1cc(N2CCCC2)ccc1F. The van der Waals surface area contributed by atoms with Gasteiger partial charge < -0.3 is 9.69 Å². The van der Waals surface area contributed by atoms with Crippen molar-refractivity contribution < 1.29 is 9.18 Å². The van der Waals surface area contributed by atoms with Crippen LogP contribution in [0, 0.1) is 5.82 Å². The molecule has 0 saturated carbocycles. The third-order valence-corrected chi connectivity index (χ3v) is 3.58. The smallest absolute Gasteiger partial charge is 0.138 e. The summed E-state index contributed by atoms with van der Waals surface area (Å²) >= 11 is 3.15. The number of anilines is 1. The van der Waals surface area contributed by atoms with E-state index in [2.05, 4.69) is 20.8 Å². The summed E-state index contributed by atoms with van der Waals surface area (Å²) in [7, 11) is 0. The van der Waals surface area contributed by atoms with Crippen molar-refractivity contribution in [2.75, 3.05) is 18.0 Å². The molecule has 1 aliphatic rings. The second-order valence-corrected chi connectivity index (χ2v) is 4.92. The summed E-state index contributed by atoms with van der Waals surface area (Å²) in [6.45, 7) is 2.03. The number of halogens is 2. The van der Waals surface area contributed by atoms with E-state index in [4.69, 9.17) is 0 Å². The lowest BCUT2D eigenvalue weighted by molar-refractivity contribution is -0.107. The molecule has 86 valence electrons. The largest absolute Gasteiger partial charge is 0.372 e. The number of hydrogen-bond donors (Lipinski definition) is 0. The standard InChI is InChI=1S/C12H13BrFNO/c13-11(8-16)10-7-9(3-4-12(10)14)15-5-1-2-6-15/h3-4,7-8,11H,1-2,5-6H2. The maximum Gasteiger partial charge on any atom is 0.138 e. The van der Waals surface area contributed by atoms with Gasteiger partial charge >= 0.3 is 0 Å². The Hall–Kier alpha value is -0.900. The van der Waals surface area contributed by atoms with Gasteiger partial charge in [0, 0.05) is 24.3 Å². The van der Waals surface area contributed by atoms with Gasteiger partial charge in [0.15, 0.2) is 0 Å². The van der Waals surface area contributed by atoms with Crippen molar-refractivity contribution in [2.45, 2.75) is 17.7 Å². The minimum Gasteiger partial charge on any atom is -0.372 e. The molecule has 0 radical (unpaired) electrons. The zero-order chi connectivity index (χ0) is 11.5. The molecular formula is C12H13BrFNO. The van der Waals surface area contributed by atoms with Gasteiger partial charge in [-0.1, -0.05) is 15.9 Å². The van der Waals surface area contributed by atoms with E-state index < -0.39 is 4.83 Å². The molecule has 16 heavy (non-hydrogen) atoms. The Bertz CT molecular complexity index is 391. The topological polar surface area (TPSA) is 20.3 Å². The first kappa shape index (κ1) is 11.6. The predicted octanol–water partition coefficient (Wildman–Crippen LogP) is 3.06. The molecule has 1 unspecified atom stereocenters. The molecule has 0 N–H and O–H groups in total. The summed E-state index contributed by atoms with van der Waals surface area (Å²) in [5, 5.41) is 0. The number of rotatable bonds is 3. The maximum absolute atomic E-state index is 13.5. The quantitative estimate of drug-likeness (QED) is 0.628. The molecular weight excluding hydrogens is 273 g/mol. The third kappa shape index (κ3) is 2.26. The molecule has 1 heterocycles. The number of alkyl halides is 1. The van der Waals surface area contributed by atoms with Gasteiger partial charge in [-0.25, -0.2) is 4.39 Å². The van der Waals surface area contributed by atoms with Crippen molar-refractivity contribution in [1.29, 1.82) is 0 Å². The van der Waals surface area contributed by atoms with E-state index in [-0.39, 0.29) is 5.82 Å². The molecule has 0 aliphatic carbocycles. The monoisotopic (exact) mass is 285 g/mol. The lowest BCUT2D eigenvalue weighted by Crippen LogP contribution is -2.18. The zero-order valence-corrected chi connectivity index (χ0v) is 10.4. The van der Waals surface area contributed by atoms with Crippen LogP contribution < -0.4 is 4.90 Å². The lowest BCUT2D eigenvalue weighted by Gasteiger charge is -2.19. The first-order chi connectivity index (χ1) is 7.72. The number of nitrogens with zero attached hydrogens (tertiary/aromatic N) is 1. The van der Waals surface area contributed by atoms with Gasteiger partial charge in [0.2, 0.25) is 0 Å². The highest BCUT2D eigenvalue weighted by Gasteiger charge is 2.17. The second kappa shape index (κ2) is 4.95. The molecule has 2 nitrogen and oxygen atoms in total. The van der Waals surface area contributed by atoms with E-state index in [9.17, 15) is 9.18 Å². The van der Waals surface area contributed by atoms with Gasteiger partial charge in [-0.15, -0.1) is 0 Å². The minimum atomic E-state index is -0.560. The number of aldehydes is 1. The number of carbonyl (C=O) groups excluding carboxylic acids is 1. The van der Waals surface area contributed by atoms with E-state index in [0.29, 0.717) is 11.8 Å². The normalized spacial score (nSPS) is 17.5. The summed E-state index contributed by atoms with van der Waals surface area (Å²) in [6.07, 6.45) is 3.06. The van der Waals surface area contributed by atoms with Crippen LogP contribution in [0.15, 0.2) is 18.2 Å². The highest BCUT2D eigenvalue weighted by molar-refractivity contribution is 9.09. The number of carbonyl (C=O) groups is 1. The predicted molar refractivity (Wildman–Crippen MR) is 65.6 cm³/mol. The van der Waals surface area contributed by atoms with Crippen LogP contribution in [0.25, 0.3) is 0 Å². The van der Waals surface area contributed by atoms with Crippen LogP contribution >= 0.6 is 15.9 Å². The van der Waals surface area contributed by atoms with Gasteiger partial charge in [-0.2, -0.15) is 0 Å². The van der Waals surface area contributed by atoms with E-state index in [1.807, 2.05) is 0 Å². The minimum absolute atomic E-state index is 0.336. The summed E-state index contributed by atoms with van der Waals surface area (Å²) < 4.78 is 13.5. The highest BCUT2D eigenvalue weighted by Crippen LogP contribution is 2.29. The Kier molecular flexibility index (Phi) is 3.59. The van der Waals surface area contributed by atoms with Crippen molar-refractivity contribution in [2.24, 2.45) is 0 Å². The van der Waals surface area contributed by atoms with Crippen molar-refractivity contribution in [3.63, 3.8) is 0 Å². The molecule has 1 aromatic carbocycles. The zero-order valence-electron chi connectivity index (χ0n) is 8.83. The molecule has 1 aromatic rings. The summed E-state index contributed by atoms with van der Waals surface area (Å²) in [6, 6.07) is 4.96. The van der Waals surface area contributed by atoms with E-state index in [0.717, 1.165) is 18.8 Å². The van der Waals surface area contributed by atoms with Gasteiger partial charge in [0.05, 0.1) is 4.83 Å². The van der Waals surface area contributed by atoms with Crippen LogP contribution in [0.2, 0.25) is 0 Å². The third-order valence-electron chi connectivity index (χ3n) is 2.87. The Labute approximate surface area is 103 Å². The van der Waals surface area contributed by atoms with Gasteiger partial charge in [-0.05, 0) is 31.0 Å². The van der Waals surface area contributed by atoms with Crippen LogP contribution in [-0.4, -0.2) is 19.4 Å². The fraction of sp³-hybridized carbons (Fsp3) is 0.417. The van der Waals surface area contributed by atoms with Gasteiger partial charge in [0.1, 0.15) is 12.1 Å². The average Bonchev–Trinajstić information content (AvgIpc) is 2.82. The first-order valence-corrected chi connectivity index (χ1v) is 6.27. The van der Waals surface area contributed by atoms with Crippen molar-refractivity contribution >= 4 is 27.9 Å². The Morgan fingerprint density at radius 3 is 2.69 bits per heavy atom. The van der Waals surface area contributed by atoms with E-state index in [1.54, 1.807) is 12.1 Å². The molecule has 1 saturated heterocycles. The molecule has 1 atom stereocenters. The summed E-state index contributed by atoms with van der Waals surface area (Å²) in [5.41, 5.74) is 1.42. The van der Waals surface area contributed by atoms with Gasteiger partial charge in [0.25, 0.3) is 0 Å². The Balaban J connectivity index is 2.30. The van der Waals surface area contributed by atoms with Crippen LogP contribution in [-0.2, 0) is 4.79 Å². The summed E-state index contributed by atoms with van der Waals surface area (Å²) in [4.78, 5) is 12.3. The van der Waals surface area contributed by atoms with Crippen molar-refractivity contribution in [3.8, 4) is 0 Å². The molecule has 0 amide bonds. The van der Waals surface area contributed by atoms with Crippen molar-refractivity contribution in [1.82, 2.24) is 0 Å². The summed E-state index contributed by atoms with van der Waals surface area (Å²) in [5.74, 6) is -0.336. The van der Waals surface area contributed by atoms with E-state index >= 15 is 0 Å². The molecule has 4 heteroatoms. The number of benzene rings is 1. The van der Waals surface area contributed by atoms with Crippen molar-refractivity contribution in [3.05, 3.63) is 29.6 Å². The molecule has 0 aromatic heterocycles. The first-order valence-electron chi connectivity index (χ1n) is 5.36. The molecule has 0 spiro atoms. The Morgan fingerprint density at radius 1 is 1.38 bits per heavy atom. The fourth-order valence-electron chi connectivity index (χ4n) is 1.99. The highest BCUT2D eigenvalue weighted by atomic mass is 79.9. The lowest BCUT2D eigenvalue weighted by atomic mass is 10.1. The molecule has 1 fully saturated rings. The number of hydrogen-bond acceptors (Lipinski definition) is 2.